The van der Waals surface area contributed by atoms with Gasteiger partial charge < -0.3 is 15.3 Å². The monoisotopic (exact) mass is 353 g/mol. The number of hydrogen-bond acceptors (Lipinski definition) is 3. The average Bonchev–Trinajstić information content (AvgIpc) is 2.64. The smallest absolute Gasteiger partial charge is 0.337 e. The van der Waals surface area contributed by atoms with Crippen molar-refractivity contribution in [2.75, 3.05) is 31.5 Å². The number of amides is 2. The number of nitrogens with one attached hydrogen (secondary N) is 1. The molecule has 1 aliphatic heterocycles. The van der Waals surface area contributed by atoms with E-state index in [9.17, 15) is 14.7 Å². The summed E-state index contributed by atoms with van der Waals surface area (Å²) in [4.78, 5) is 27.7. The van der Waals surface area contributed by atoms with E-state index in [1.165, 1.54) is 17.2 Å². The number of aromatic carboxylic acids is 1. The highest BCUT2D eigenvalue weighted by Gasteiger charge is 2.22. The molecule has 0 radical (unpaired) electrons. The Bertz CT molecular complexity index is 781. The van der Waals surface area contributed by atoms with Gasteiger partial charge in [0.2, 0.25) is 0 Å². The minimum Gasteiger partial charge on any atom is -0.478 e. The Balaban J connectivity index is 1.54. The van der Waals surface area contributed by atoms with E-state index in [-0.39, 0.29) is 11.6 Å². The van der Waals surface area contributed by atoms with Crippen molar-refractivity contribution in [3.63, 3.8) is 0 Å². The van der Waals surface area contributed by atoms with Crippen LogP contribution in [0.5, 0.6) is 0 Å². The summed E-state index contributed by atoms with van der Waals surface area (Å²) in [5.74, 6) is -1.05. The Hall–Kier alpha value is -2.86. The number of anilines is 1. The molecular weight excluding hydrogens is 330 g/mol. The van der Waals surface area contributed by atoms with Gasteiger partial charge in [-0.15, -0.1) is 0 Å². The van der Waals surface area contributed by atoms with Crippen molar-refractivity contribution in [2.24, 2.45) is 0 Å². The number of carbonyl (C=O) groups is 2. The maximum atomic E-state index is 12.4. The van der Waals surface area contributed by atoms with Crippen LogP contribution >= 0.6 is 0 Å². The summed E-state index contributed by atoms with van der Waals surface area (Å²) in [5.41, 5.74) is 2.94. The summed E-state index contributed by atoms with van der Waals surface area (Å²) in [5, 5.41) is 11.9. The number of para-hydroxylation sites is 1. The molecule has 2 amide bonds. The second-order valence-corrected chi connectivity index (χ2v) is 6.53. The number of hydrogen-bond donors (Lipinski definition) is 2. The van der Waals surface area contributed by atoms with Crippen LogP contribution in [-0.2, 0) is 6.54 Å². The van der Waals surface area contributed by atoms with Gasteiger partial charge in [0, 0.05) is 32.7 Å². The highest BCUT2D eigenvalue weighted by atomic mass is 16.4. The molecule has 1 fully saturated rings. The first-order valence-electron chi connectivity index (χ1n) is 8.69. The highest BCUT2D eigenvalue weighted by Crippen LogP contribution is 2.16. The van der Waals surface area contributed by atoms with Crippen molar-refractivity contribution in [1.82, 2.24) is 9.80 Å². The number of carboxylic acid groups (broad SMARTS) is 1. The van der Waals surface area contributed by atoms with Crippen LogP contribution in [0.25, 0.3) is 0 Å². The van der Waals surface area contributed by atoms with Crippen LogP contribution < -0.4 is 5.32 Å². The number of aryl methyl sites for hydroxylation is 1. The van der Waals surface area contributed by atoms with Gasteiger partial charge in [-0.2, -0.15) is 0 Å². The van der Waals surface area contributed by atoms with E-state index in [0.29, 0.717) is 18.8 Å². The molecule has 6 nitrogen and oxygen atoms in total. The number of rotatable bonds is 4. The van der Waals surface area contributed by atoms with Gasteiger partial charge in [0.25, 0.3) is 0 Å². The fraction of sp³-hybridized carbons (Fsp3) is 0.300. The second-order valence-electron chi connectivity index (χ2n) is 6.53. The standard InChI is InChI=1S/C20H23N3O3/c1-15-6-8-16(9-7-15)14-22-10-12-23(13-11-22)20(26)21-18-5-3-2-4-17(18)19(24)25/h2-9H,10-14H2,1H3,(H,21,26)(H,24,25). The molecule has 6 heteroatoms. The first-order chi connectivity index (χ1) is 12.5. The van der Waals surface area contributed by atoms with E-state index in [4.69, 9.17) is 0 Å². The van der Waals surface area contributed by atoms with Gasteiger partial charge in [-0.05, 0) is 24.6 Å². The molecule has 3 rings (SSSR count). The molecule has 0 aromatic heterocycles. The molecule has 0 aliphatic carbocycles. The van der Waals surface area contributed by atoms with Crippen molar-refractivity contribution >= 4 is 17.7 Å². The lowest BCUT2D eigenvalue weighted by molar-refractivity contribution is 0.0698. The second kappa shape index (κ2) is 8.01. The van der Waals surface area contributed by atoms with Crippen molar-refractivity contribution in [2.45, 2.75) is 13.5 Å². The van der Waals surface area contributed by atoms with Crippen molar-refractivity contribution in [3.8, 4) is 0 Å². The first kappa shape index (κ1) is 17.9. The summed E-state index contributed by atoms with van der Waals surface area (Å²) in [6.07, 6.45) is 0. The lowest BCUT2D eigenvalue weighted by atomic mass is 10.1. The molecule has 2 N–H and O–H groups in total. The van der Waals surface area contributed by atoms with Gasteiger partial charge in [-0.25, -0.2) is 9.59 Å². The molecule has 136 valence electrons. The van der Waals surface area contributed by atoms with Gasteiger partial charge in [-0.3, -0.25) is 4.90 Å². The number of carbonyl (C=O) groups excluding carboxylic acids is 1. The zero-order chi connectivity index (χ0) is 18.5. The Morgan fingerprint density at radius 1 is 1.00 bits per heavy atom. The molecule has 0 atom stereocenters. The molecule has 26 heavy (non-hydrogen) atoms. The topological polar surface area (TPSA) is 72.9 Å². The van der Waals surface area contributed by atoms with Gasteiger partial charge in [0.1, 0.15) is 0 Å². The summed E-state index contributed by atoms with van der Waals surface area (Å²) in [6, 6.07) is 14.7. The van der Waals surface area contributed by atoms with Crippen LogP contribution in [0.1, 0.15) is 21.5 Å². The molecule has 1 heterocycles. The van der Waals surface area contributed by atoms with E-state index >= 15 is 0 Å². The third-order valence-electron chi connectivity index (χ3n) is 4.59. The maximum Gasteiger partial charge on any atom is 0.337 e. The summed E-state index contributed by atoms with van der Waals surface area (Å²) in [6.45, 7) is 5.77. The van der Waals surface area contributed by atoms with Crippen LogP contribution in [0.3, 0.4) is 0 Å². The van der Waals surface area contributed by atoms with Gasteiger partial charge in [-0.1, -0.05) is 42.0 Å². The molecular formula is C20H23N3O3. The zero-order valence-electron chi connectivity index (χ0n) is 14.8. The number of piperazine rings is 1. The van der Waals surface area contributed by atoms with E-state index in [0.717, 1.165) is 19.6 Å². The average molecular weight is 353 g/mol. The maximum absolute atomic E-state index is 12.4. The molecule has 1 aliphatic rings. The van der Waals surface area contributed by atoms with Gasteiger partial charge >= 0.3 is 12.0 Å². The largest absolute Gasteiger partial charge is 0.478 e. The molecule has 0 bridgehead atoms. The first-order valence-corrected chi connectivity index (χ1v) is 8.69. The normalized spacial score (nSPS) is 14.9. The lowest BCUT2D eigenvalue weighted by Crippen LogP contribution is -2.49. The quantitative estimate of drug-likeness (QED) is 0.886. The van der Waals surface area contributed by atoms with Crippen LogP contribution in [0.2, 0.25) is 0 Å². The number of nitrogens with zero attached hydrogens (tertiary/aromatic N) is 2. The van der Waals surface area contributed by atoms with Gasteiger partial charge in [0.15, 0.2) is 0 Å². The van der Waals surface area contributed by atoms with Crippen molar-refractivity contribution in [1.29, 1.82) is 0 Å². The summed E-state index contributed by atoms with van der Waals surface area (Å²) >= 11 is 0. The van der Waals surface area contributed by atoms with Crippen LogP contribution in [0.15, 0.2) is 48.5 Å². The Morgan fingerprint density at radius 3 is 2.31 bits per heavy atom. The zero-order valence-corrected chi connectivity index (χ0v) is 14.8. The van der Waals surface area contributed by atoms with Gasteiger partial charge in [0.05, 0.1) is 11.3 Å². The minimum atomic E-state index is -1.05. The number of carboxylic acids is 1. The predicted octanol–water partition coefficient (Wildman–Crippen LogP) is 3.04. The number of urea groups is 1. The Labute approximate surface area is 153 Å². The molecule has 2 aromatic rings. The van der Waals surface area contributed by atoms with E-state index in [1.54, 1.807) is 23.1 Å². The SMILES string of the molecule is Cc1ccc(CN2CCN(C(=O)Nc3ccccc3C(=O)O)CC2)cc1. The van der Waals surface area contributed by atoms with Crippen LogP contribution in [-0.4, -0.2) is 53.1 Å². The van der Waals surface area contributed by atoms with Crippen LogP contribution in [0, 0.1) is 6.92 Å². The molecule has 2 aromatic carbocycles. The summed E-state index contributed by atoms with van der Waals surface area (Å²) in [7, 11) is 0. The molecule has 0 unspecified atom stereocenters. The van der Waals surface area contributed by atoms with Crippen LogP contribution in [0.4, 0.5) is 10.5 Å². The fourth-order valence-electron chi connectivity index (χ4n) is 3.03. The summed E-state index contributed by atoms with van der Waals surface area (Å²) < 4.78 is 0. The van der Waals surface area contributed by atoms with Crippen molar-refractivity contribution in [3.05, 3.63) is 65.2 Å². The third kappa shape index (κ3) is 4.40. The van der Waals surface area contributed by atoms with E-state index in [1.807, 2.05) is 0 Å². The lowest BCUT2D eigenvalue weighted by Gasteiger charge is -2.34. The molecule has 1 saturated heterocycles. The Morgan fingerprint density at radius 2 is 1.65 bits per heavy atom. The molecule has 0 saturated carbocycles. The Kier molecular flexibility index (Phi) is 5.53. The van der Waals surface area contributed by atoms with Crippen molar-refractivity contribution < 1.29 is 14.7 Å². The predicted molar refractivity (Wildman–Crippen MR) is 100 cm³/mol. The third-order valence-corrected chi connectivity index (χ3v) is 4.59. The number of benzene rings is 2. The van der Waals surface area contributed by atoms with E-state index in [2.05, 4.69) is 41.4 Å². The highest BCUT2D eigenvalue weighted by molar-refractivity contribution is 5.99. The fourth-order valence-corrected chi connectivity index (χ4v) is 3.03. The minimum absolute atomic E-state index is 0.0962. The molecule has 0 spiro atoms. The van der Waals surface area contributed by atoms with E-state index < -0.39 is 5.97 Å².